The first-order chi connectivity index (χ1) is 8.88. The van der Waals surface area contributed by atoms with Gasteiger partial charge in [0.1, 0.15) is 12.0 Å². The molecule has 2 heteroatoms. The summed E-state index contributed by atoms with van der Waals surface area (Å²) in [6, 6.07) is 7.87. The Kier molecular flexibility index (Phi) is 5.00. The molecule has 0 aromatic heterocycles. The Hall–Kier alpha value is -1.57. The van der Waals surface area contributed by atoms with Crippen LogP contribution in [-0.4, -0.2) is 12.9 Å². The lowest BCUT2D eigenvalue weighted by molar-refractivity contribution is -0.104. The van der Waals surface area contributed by atoms with E-state index in [0.29, 0.717) is 5.92 Å². The third kappa shape index (κ3) is 4.02. The molecular weight excluding hydrogens is 224 g/mol. The molecule has 0 atom stereocenters. The third-order valence-electron chi connectivity index (χ3n) is 3.44. The highest BCUT2D eigenvalue weighted by Gasteiger charge is 2.13. The molecule has 1 fully saturated rings. The van der Waals surface area contributed by atoms with E-state index in [0.717, 1.165) is 24.2 Å². The minimum atomic E-state index is 0.716. The van der Waals surface area contributed by atoms with Gasteiger partial charge in [0, 0.05) is 0 Å². The molecule has 96 valence electrons. The van der Waals surface area contributed by atoms with Crippen LogP contribution in [0.1, 0.15) is 37.7 Å². The molecule has 0 bridgehead atoms. The lowest BCUT2D eigenvalue weighted by atomic mass is 9.90. The summed E-state index contributed by atoms with van der Waals surface area (Å²) in [5.74, 6) is 1.61. The van der Waals surface area contributed by atoms with Crippen LogP contribution in [0.25, 0.3) is 6.08 Å². The number of ether oxygens (including phenoxy) is 1. The zero-order valence-corrected chi connectivity index (χ0v) is 10.7. The van der Waals surface area contributed by atoms with Crippen molar-refractivity contribution in [2.75, 3.05) is 6.61 Å². The lowest BCUT2D eigenvalue weighted by Crippen LogP contribution is -2.15. The second kappa shape index (κ2) is 7.00. The van der Waals surface area contributed by atoms with Gasteiger partial charge in [0.05, 0.1) is 6.61 Å². The predicted molar refractivity (Wildman–Crippen MR) is 73.6 cm³/mol. The molecule has 2 rings (SSSR count). The Bertz CT molecular complexity index is 403. The minimum absolute atomic E-state index is 0.716. The van der Waals surface area contributed by atoms with Gasteiger partial charge in [-0.1, -0.05) is 37.5 Å². The lowest BCUT2D eigenvalue weighted by Gasteiger charge is -2.21. The largest absolute Gasteiger partial charge is 0.493 e. The van der Waals surface area contributed by atoms with Crippen LogP contribution >= 0.6 is 0 Å². The first-order valence-electron chi connectivity index (χ1n) is 6.73. The number of allylic oxidation sites excluding steroid dienone is 1. The van der Waals surface area contributed by atoms with Crippen molar-refractivity contribution in [3.63, 3.8) is 0 Å². The number of aldehydes is 1. The van der Waals surface area contributed by atoms with Gasteiger partial charge in [-0.15, -0.1) is 0 Å². The summed E-state index contributed by atoms with van der Waals surface area (Å²) in [5.41, 5.74) is 1.00. The van der Waals surface area contributed by atoms with Crippen LogP contribution in [0.15, 0.2) is 30.3 Å². The zero-order chi connectivity index (χ0) is 12.6. The fraction of sp³-hybridized carbons (Fsp3) is 0.438. The average Bonchev–Trinajstić information content (AvgIpc) is 2.44. The highest BCUT2D eigenvalue weighted by Crippen LogP contribution is 2.24. The maximum absolute atomic E-state index is 10.3. The van der Waals surface area contributed by atoms with Crippen molar-refractivity contribution in [1.29, 1.82) is 0 Å². The maximum Gasteiger partial charge on any atom is 0.142 e. The van der Waals surface area contributed by atoms with Gasteiger partial charge in [0.25, 0.3) is 0 Å². The van der Waals surface area contributed by atoms with E-state index < -0.39 is 0 Å². The molecular formula is C16H20O2. The predicted octanol–water partition coefficient (Wildman–Crippen LogP) is 3.86. The van der Waals surface area contributed by atoms with E-state index in [9.17, 15) is 4.79 Å². The van der Waals surface area contributed by atoms with Crippen LogP contribution in [0, 0.1) is 5.92 Å². The fourth-order valence-corrected chi connectivity index (χ4v) is 2.43. The molecule has 0 spiro atoms. The summed E-state index contributed by atoms with van der Waals surface area (Å²) >= 11 is 0. The van der Waals surface area contributed by atoms with Crippen molar-refractivity contribution < 1.29 is 9.53 Å². The summed E-state index contributed by atoms with van der Waals surface area (Å²) in [6.07, 6.45) is 10.7. The molecule has 0 saturated heterocycles. The quantitative estimate of drug-likeness (QED) is 0.580. The van der Waals surface area contributed by atoms with Gasteiger partial charge in [-0.05, 0) is 42.5 Å². The minimum Gasteiger partial charge on any atom is -0.493 e. The molecule has 1 aliphatic carbocycles. The highest BCUT2D eigenvalue weighted by molar-refractivity contribution is 5.74. The van der Waals surface area contributed by atoms with Gasteiger partial charge in [0.2, 0.25) is 0 Å². The molecule has 0 amide bonds. The topological polar surface area (TPSA) is 26.3 Å². The zero-order valence-electron chi connectivity index (χ0n) is 10.7. The van der Waals surface area contributed by atoms with Crippen molar-refractivity contribution in [2.24, 2.45) is 5.92 Å². The summed E-state index contributed by atoms with van der Waals surface area (Å²) in [7, 11) is 0. The Labute approximate surface area is 109 Å². The molecule has 18 heavy (non-hydrogen) atoms. The molecule has 2 nitrogen and oxygen atoms in total. The number of rotatable bonds is 5. The summed E-state index contributed by atoms with van der Waals surface area (Å²) in [6.45, 7) is 0.820. The summed E-state index contributed by atoms with van der Waals surface area (Å²) in [5, 5.41) is 0. The molecule has 0 radical (unpaired) electrons. The smallest absolute Gasteiger partial charge is 0.142 e. The van der Waals surface area contributed by atoms with Crippen LogP contribution in [0.4, 0.5) is 0 Å². The number of hydrogen-bond acceptors (Lipinski definition) is 2. The fourth-order valence-electron chi connectivity index (χ4n) is 2.43. The van der Waals surface area contributed by atoms with Gasteiger partial charge in [-0.2, -0.15) is 0 Å². The third-order valence-corrected chi connectivity index (χ3v) is 3.44. The van der Waals surface area contributed by atoms with Gasteiger partial charge >= 0.3 is 0 Å². The Morgan fingerprint density at radius 1 is 1.22 bits per heavy atom. The monoisotopic (exact) mass is 244 g/mol. The van der Waals surface area contributed by atoms with E-state index in [1.54, 1.807) is 6.08 Å². The van der Waals surface area contributed by atoms with E-state index in [2.05, 4.69) is 0 Å². The van der Waals surface area contributed by atoms with E-state index in [1.807, 2.05) is 24.3 Å². The second-order valence-electron chi connectivity index (χ2n) is 4.88. The van der Waals surface area contributed by atoms with Crippen LogP contribution in [0.5, 0.6) is 5.75 Å². The summed E-state index contributed by atoms with van der Waals surface area (Å²) in [4.78, 5) is 10.3. The highest BCUT2D eigenvalue weighted by atomic mass is 16.5. The van der Waals surface area contributed by atoms with E-state index in [-0.39, 0.29) is 0 Å². The maximum atomic E-state index is 10.3. The number of carbonyl (C=O) groups is 1. The normalized spacial score (nSPS) is 16.9. The molecule has 1 saturated carbocycles. The van der Waals surface area contributed by atoms with Gasteiger partial charge < -0.3 is 4.74 Å². The number of benzene rings is 1. The standard InChI is InChI=1S/C16H20O2/c17-11-5-9-14-8-4-10-16(12-14)18-13-15-6-2-1-3-7-15/h4-5,8-12,15H,1-3,6-7,13H2/b9-5+. The van der Waals surface area contributed by atoms with E-state index in [1.165, 1.54) is 38.2 Å². The van der Waals surface area contributed by atoms with Gasteiger partial charge in [0.15, 0.2) is 0 Å². The molecule has 0 unspecified atom stereocenters. The van der Waals surface area contributed by atoms with Crippen LogP contribution < -0.4 is 4.74 Å². The van der Waals surface area contributed by atoms with Crippen LogP contribution in [0.2, 0.25) is 0 Å². The van der Waals surface area contributed by atoms with Gasteiger partial charge in [-0.25, -0.2) is 0 Å². The first-order valence-corrected chi connectivity index (χ1v) is 6.73. The Morgan fingerprint density at radius 3 is 2.83 bits per heavy atom. The van der Waals surface area contributed by atoms with Crippen LogP contribution in [0.3, 0.4) is 0 Å². The second-order valence-corrected chi connectivity index (χ2v) is 4.88. The summed E-state index contributed by atoms with van der Waals surface area (Å²) < 4.78 is 5.84. The molecule has 1 aliphatic rings. The van der Waals surface area contributed by atoms with Crippen molar-refractivity contribution in [1.82, 2.24) is 0 Å². The molecule has 0 N–H and O–H groups in total. The Morgan fingerprint density at radius 2 is 2.06 bits per heavy atom. The van der Waals surface area contributed by atoms with Crippen molar-refractivity contribution in [2.45, 2.75) is 32.1 Å². The van der Waals surface area contributed by atoms with Crippen LogP contribution in [-0.2, 0) is 4.79 Å². The van der Waals surface area contributed by atoms with Crippen molar-refractivity contribution >= 4 is 12.4 Å². The SMILES string of the molecule is O=C/C=C/c1cccc(OCC2CCCCC2)c1. The van der Waals surface area contributed by atoms with E-state index in [4.69, 9.17) is 4.74 Å². The van der Waals surface area contributed by atoms with E-state index >= 15 is 0 Å². The van der Waals surface area contributed by atoms with Crippen molar-refractivity contribution in [3.8, 4) is 5.75 Å². The first kappa shape index (κ1) is 12.9. The molecule has 0 heterocycles. The Balaban J connectivity index is 1.88. The average molecular weight is 244 g/mol. The van der Waals surface area contributed by atoms with Gasteiger partial charge in [-0.3, -0.25) is 4.79 Å². The molecule has 1 aromatic carbocycles. The van der Waals surface area contributed by atoms with Crippen molar-refractivity contribution in [3.05, 3.63) is 35.9 Å². The number of carbonyl (C=O) groups excluding carboxylic acids is 1. The number of hydrogen-bond donors (Lipinski definition) is 0. The molecule has 1 aromatic rings. The molecule has 0 aliphatic heterocycles.